The van der Waals surface area contributed by atoms with Crippen LogP contribution in [0.25, 0.3) is 10.8 Å². The highest BCUT2D eigenvalue weighted by Crippen LogP contribution is 2.18. The van der Waals surface area contributed by atoms with E-state index in [4.69, 9.17) is 4.74 Å². The van der Waals surface area contributed by atoms with Crippen LogP contribution < -0.4 is 10.3 Å². The van der Waals surface area contributed by atoms with E-state index < -0.39 is 0 Å². The van der Waals surface area contributed by atoms with Gasteiger partial charge in [-0.1, -0.05) is 18.2 Å². The number of carbonyl (C=O) groups excluding carboxylic acids is 1. The van der Waals surface area contributed by atoms with Crippen molar-refractivity contribution in [1.82, 2.24) is 9.78 Å². The van der Waals surface area contributed by atoms with E-state index in [2.05, 4.69) is 21.0 Å². The zero-order chi connectivity index (χ0) is 16.4. The van der Waals surface area contributed by atoms with Crippen LogP contribution in [0.4, 0.5) is 0 Å². The first kappa shape index (κ1) is 15.4. The van der Waals surface area contributed by atoms with Gasteiger partial charge in [-0.25, -0.2) is 4.68 Å². The molecule has 0 bridgehead atoms. The molecule has 0 spiro atoms. The van der Waals surface area contributed by atoms with Gasteiger partial charge >= 0.3 is 0 Å². The summed E-state index contributed by atoms with van der Waals surface area (Å²) in [6, 6.07) is 13.9. The molecule has 6 heteroatoms. The lowest BCUT2D eigenvalue weighted by Gasteiger charge is -2.08. The Balaban J connectivity index is 1.96. The molecule has 3 rings (SSSR count). The number of carbonyl (C=O) groups is 1. The Morgan fingerprint density at radius 2 is 1.78 bits per heavy atom. The van der Waals surface area contributed by atoms with Gasteiger partial charge in [-0.2, -0.15) is 5.10 Å². The lowest BCUT2D eigenvalue weighted by Crippen LogP contribution is -2.27. The van der Waals surface area contributed by atoms with E-state index in [1.54, 1.807) is 43.5 Å². The maximum absolute atomic E-state index is 12.5. The fraction of sp³-hybridized carbons (Fsp3) is 0.118. The van der Waals surface area contributed by atoms with Crippen LogP contribution in [0.1, 0.15) is 10.4 Å². The molecule has 116 valence electrons. The topological polar surface area (TPSA) is 61.2 Å². The molecular weight excluding hydrogens is 360 g/mol. The first-order chi connectivity index (χ1) is 11.1. The minimum atomic E-state index is -0.286. The van der Waals surface area contributed by atoms with Gasteiger partial charge in [-0.05, 0) is 46.3 Å². The van der Waals surface area contributed by atoms with Gasteiger partial charge in [0.25, 0.3) is 5.56 Å². The van der Waals surface area contributed by atoms with E-state index in [-0.39, 0.29) is 17.9 Å². The molecule has 1 aromatic heterocycles. The maximum Gasteiger partial charge on any atom is 0.275 e. The van der Waals surface area contributed by atoms with E-state index in [1.165, 1.54) is 4.68 Å². The Bertz CT molecular complexity index is 933. The van der Waals surface area contributed by atoms with Crippen molar-refractivity contribution in [3.63, 3.8) is 0 Å². The van der Waals surface area contributed by atoms with E-state index in [9.17, 15) is 9.59 Å². The second-order valence-corrected chi connectivity index (χ2v) is 5.70. The molecule has 0 amide bonds. The highest BCUT2D eigenvalue weighted by molar-refractivity contribution is 9.10. The number of hydrogen-bond acceptors (Lipinski definition) is 4. The quantitative estimate of drug-likeness (QED) is 0.660. The van der Waals surface area contributed by atoms with Crippen LogP contribution in [0.15, 0.2) is 57.9 Å². The Labute approximate surface area is 140 Å². The van der Waals surface area contributed by atoms with Gasteiger partial charge in [0.2, 0.25) is 0 Å². The van der Waals surface area contributed by atoms with E-state index in [1.807, 2.05) is 12.1 Å². The summed E-state index contributed by atoms with van der Waals surface area (Å²) in [4.78, 5) is 24.8. The van der Waals surface area contributed by atoms with Gasteiger partial charge in [0.05, 0.1) is 12.5 Å². The number of fused-ring (bicyclic) bond motifs is 1. The number of ketones is 1. The Kier molecular flexibility index (Phi) is 4.25. The van der Waals surface area contributed by atoms with Crippen molar-refractivity contribution < 1.29 is 9.53 Å². The molecule has 0 aliphatic carbocycles. The number of Topliss-reactive ketones (excluding diaryl/α,β-unsaturated/α-hetero) is 1. The van der Waals surface area contributed by atoms with E-state index >= 15 is 0 Å². The van der Waals surface area contributed by atoms with Gasteiger partial charge in [-0.3, -0.25) is 9.59 Å². The average Bonchev–Trinajstić information content (AvgIpc) is 2.59. The number of aromatic nitrogens is 2. The summed E-state index contributed by atoms with van der Waals surface area (Å²) < 4.78 is 6.78. The first-order valence-electron chi connectivity index (χ1n) is 6.93. The molecule has 1 heterocycles. The van der Waals surface area contributed by atoms with Crippen LogP contribution in [0.5, 0.6) is 5.75 Å². The Hall–Kier alpha value is -2.47. The van der Waals surface area contributed by atoms with Gasteiger partial charge in [-0.15, -0.1) is 0 Å². The monoisotopic (exact) mass is 372 g/mol. The van der Waals surface area contributed by atoms with Crippen LogP contribution >= 0.6 is 15.9 Å². The second kappa shape index (κ2) is 6.34. The van der Waals surface area contributed by atoms with E-state index in [0.717, 1.165) is 5.39 Å². The van der Waals surface area contributed by atoms with Crippen molar-refractivity contribution in [2.75, 3.05) is 7.11 Å². The van der Waals surface area contributed by atoms with Crippen LogP contribution in [0, 0.1) is 0 Å². The molecule has 5 nitrogen and oxygen atoms in total. The lowest BCUT2D eigenvalue weighted by atomic mass is 10.1. The highest BCUT2D eigenvalue weighted by Gasteiger charge is 2.13. The molecule has 3 aromatic rings. The van der Waals surface area contributed by atoms with Crippen molar-refractivity contribution in [3.05, 3.63) is 69.1 Å². The Morgan fingerprint density at radius 1 is 1.13 bits per heavy atom. The SMILES string of the molecule is COc1ccc(C(=O)Cn2nc(Br)c3ccccc3c2=O)cc1. The molecule has 0 fully saturated rings. The zero-order valence-electron chi connectivity index (χ0n) is 12.3. The number of rotatable bonds is 4. The summed E-state index contributed by atoms with van der Waals surface area (Å²) >= 11 is 3.35. The van der Waals surface area contributed by atoms with Gasteiger partial charge < -0.3 is 4.74 Å². The number of hydrogen-bond donors (Lipinski definition) is 0. The average molecular weight is 373 g/mol. The van der Waals surface area contributed by atoms with Crippen LogP contribution in [0.2, 0.25) is 0 Å². The van der Waals surface area contributed by atoms with Crippen molar-refractivity contribution in [2.24, 2.45) is 0 Å². The summed E-state index contributed by atoms with van der Waals surface area (Å²) in [7, 11) is 1.56. The van der Waals surface area contributed by atoms with Crippen molar-refractivity contribution in [1.29, 1.82) is 0 Å². The third kappa shape index (κ3) is 3.03. The molecule has 0 radical (unpaired) electrons. The molecule has 0 saturated heterocycles. The molecule has 0 N–H and O–H groups in total. The summed E-state index contributed by atoms with van der Waals surface area (Å²) in [6.07, 6.45) is 0. The number of benzene rings is 2. The standard InChI is InChI=1S/C17H13BrN2O3/c1-23-12-8-6-11(7-9-12)15(21)10-20-17(22)14-5-3-2-4-13(14)16(18)19-20/h2-9H,10H2,1H3. The zero-order valence-corrected chi connectivity index (χ0v) is 13.9. The predicted molar refractivity (Wildman–Crippen MR) is 91.0 cm³/mol. The Morgan fingerprint density at radius 3 is 2.43 bits per heavy atom. The van der Waals surface area contributed by atoms with Crippen molar-refractivity contribution in [2.45, 2.75) is 6.54 Å². The predicted octanol–water partition coefficient (Wildman–Crippen LogP) is 3.05. The molecular formula is C17H13BrN2O3. The third-order valence-corrected chi connectivity index (χ3v) is 4.11. The van der Waals surface area contributed by atoms with Crippen molar-refractivity contribution >= 4 is 32.5 Å². The summed E-state index contributed by atoms with van der Waals surface area (Å²) in [5.74, 6) is 0.481. The normalized spacial score (nSPS) is 10.7. The molecule has 2 aromatic carbocycles. The lowest BCUT2D eigenvalue weighted by molar-refractivity contribution is 0.0965. The van der Waals surface area contributed by atoms with Crippen molar-refractivity contribution in [3.8, 4) is 5.75 Å². The van der Waals surface area contributed by atoms with Gasteiger partial charge in [0.15, 0.2) is 5.78 Å². The summed E-state index contributed by atoms with van der Waals surface area (Å²) in [5, 5.41) is 5.43. The van der Waals surface area contributed by atoms with Gasteiger partial charge in [0.1, 0.15) is 16.9 Å². The molecule has 0 aliphatic heterocycles. The fourth-order valence-corrected chi connectivity index (χ4v) is 2.84. The number of methoxy groups -OCH3 is 1. The second-order valence-electron chi connectivity index (χ2n) is 4.95. The van der Waals surface area contributed by atoms with Gasteiger partial charge in [0, 0.05) is 10.9 Å². The molecule has 0 aliphatic rings. The summed E-state index contributed by atoms with van der Waals surface area (Å²) in [6.45, 7) is -0.116. The largest absolute Gasteiger partial charge is 0.497 e. The molecule has 0 unspecified atom stereocenters. The minimum absolute atomic E-state index is 0.116. The van der Waals surface area contributed by atoms with Crippen LogP contribution in [0.3, 0.4) is 0 Å². The fourth-order valence-electron chi connectivity index (χ4n) is 2.31. The van der Waals surface area contributed by atoms with Crippen LogP contribution in [-0.4, -0.2) is 22.7 Å². The smallest absolute Gasteiger partial charge is 0.275 e. The highest BCUT2D eigenvalue weighted by atomic mass is 79.9. The first-order valence-corrected chi connectivity index (χ1v) is 7.72. The van der Waals surface area contributed by atoms with E-state index in [0.29, 0.717) is 21.3 Å². The molecule has 0 atom stereocenters. The molecule has 0 saturated carbocycles. The minimum Gasteiger partial charge on any atom is -0.497 e. The number of ether oxygens (including phenoxy) is 1. The maximum atomic E-state index is 12.5. The number of nitrogens with zero attached hydrogens (tertiary/aromatic N) is 2. The number of halogens is 1. The van der Waals surface area contributed by atoms with Crippen LogP contribution in [-0.2, 0) is 6.54 Å². The third-order valence-electron chi connectivity index (χ3n) is 3.53. The summed E-state index contributed by atoms with van der Waals surface area (Å²) in [5.41, 5.74) is 0.217. The molecule has 23 heavy (non-hydrogen) atoms.